The molecule has 0 saturated heterocycles. The Balaban J connectivity index is -0.0000000257. The van der Waals surface area contributed by atoms with Gasteiger partial charge in [0.1, 0.15) is 0 Å². The first-order valence-corrected chi connectivity index (χ1v) is 2.19. The molecular formula is CaN4NiO12. The molecule has 0 aliphatic carbocycles. The van der Waals surface area contributed by atoms with Crippen LogP contribution in [0.5, 0.6) is 0 Å². The summed E-state index contributed by atoms with van der Waals surface area (Å²) in [6, 6.07) is 0. The summed E-state index contributed by atoms with van der Waals surface area (Å²) in [5.74, 6) is 0. The number of rotatable bonds is 0. The predicted molar refractivity (Wildman–Crippen MR) is 47.2 cm³/mol. The van der Waals surface area contributed by atoms with E-state index < -0.39 is 20.3 Å². The van der Waals surface area contributed by atoms with Gasteiger partial charge in [-0.2, -0.15) is 0 Å². The van der Waals surface area contributed by atoms with Crippen molar-refractivity contribution in [2.24, 2.45) is 0 Å². The van der Waals surface area contributed by atoms with Gasteiger partial charge in [0.15, 0.2) is 0 Å². The van der Waals surface area contributed by atoms with E-state index in [9.17, 15) is 0 Å². The minimum atomic E-state index is -1.75. The second-order valence-corrected chi connectivity index (χ2v) is 0.894. The largest absolute Gasteiger partial charge is 2.00 e. The second-order valence-electron chi connectivity index (χ2n) is 0.894. The Labute approximate surface area is 135 Å². The number of nitrogens with zero attached hydrogens (tertiary/aromatic N) is 4. The summed E-state index contributed by atoms with van der Waals surface area (Å²) in [5.41, 5.74) is 0. The Bertz CT molecular complexity index is 164. The topological polar surface area (TPSA) is 265 Å². The molecule has 0 amide bonds. The molecule has 0 aliphatic heterocycles. The van der Waals surface area contributed by atoms with E-state index >= 15 is 0 Å². The van der Waals surface area contributed by atoms with Crippen molar-refractivity contribution in [2.45, 2.75) is 0 Å². The predicted octanol–water partition coefficient (Wildman–Crippen LogP) is -1.34. The molecule has 0 aromatic heterocycles. The molecule has 0 unspecified atom stereocenters. The number of hydrogen-bond acceptors (Lipinski definition) is 12. The van der Waals surface area contributed by atoms with Gasteiger partial charge in [0, 0.05) is 0 Å². The van der Waals surface area contributed by atoms with E-state index in [0.717, 1.165) is 0 Å². The van der Waals surface area contributed by atoms with E-state index in [2.05, 4.69) is 0 Å². The first-order chi connectivity index (χ1) is 6.93. The molecule has 0 atom stereocenters. The van der Waals surface area contributed by atoms with Crippen LogP contribution in [0.3, 0.4) is 0 Å². The van der Waals surface area contributed by atoms with Crippen molar-refractivity contribution in [3.05, 3.63) is 61.3 Å². The van der Waals surface area contributed by atoms with Crippen molar-refractivity contribution in [3.8, 4) is 0 Å². The molecule has 104 valence electrons. The van der Waals surface area contributed by atoms with Crippen LogP contribution in [-0.2, 0) is 16.5 Å². The minimum absolute atomic E-state index is 0. The van der Waals surface area contributed by atoms with Crippen molar-refractivity contribution < 1.29 is 36.8 Å². The summed E-state index contributed by atoms with van der Waals surface area (Å²) in [4.78, 5) is 33.0. The molecule has 0 heterocycles. The van der Waals surface area contributed by atoms with E-state index in [-0.39, 0.29) is 54.2 Å². The molecule has 0 aromatic carbocycles. The van der Waals surface area contributed by atoms with Crippen LogP contribution in [-0.4, -0.2) is 58.1 Å². The Hall–Kier alpha value is -1.45. The fourth-order valence-electron chi connectivity index (χ4n) is 0. The zero-order chi connectivity index (χ0) is 14.3. The molecule has 0 rings (SSSR count). The minimum Gasteiger partial charge on any atom is -0.356 e. The van der Waals surface area contributed by atoms with Crippen LogP contribution in [0.4, 0.5) is 0 Å². The van der Waals surface area contributed by atoms with Gasteiger partial charge in [-0.25, -0.2) is 0 Å². The summed E-state index contributed by atoms with van der Waals surface area (Å²) in [6.07, 6.45) is 0. The van der Waals surface area contributed by atoms with Gasteiger partial charge in [0.2, 0.25) is 0 Å². The van der Waals surface area contributed by atoms with Gasteiger partial charge in [-0.1, -0.05) is 0 Å². The van der Waals surface area contributed by atoms with Gasteiger partial charge >= 0.3 is 54.2 Å². The van der Waals surface area contributed by atoms with Crippen molar-refractivity contribution >= 4 is 37.7 Å². The second kappa shape index (κ2) is 29.6. The van der Waals surface area contributed by atoms with Crippen molar-refractivity contribution in [2.75, 3.05) is 0 Å². The van der Waals surface area contributed by atoms with Gasteiger partial charge in [-0.05, 0) is 0 Å². The maximum absolute atomic E-state index is 8.25. The molecule has 0 saturated carbocycles. The zero-order valence-corrected chi connectivity index (χ0v) is 10.9. The van der Waals surface area contributed by atoms with Gasteiger partial charge in [0.25, 0.3) is 0 Å². The maximum atomic E-state index is 8.25. The SMILES string of the molecule is O=[N+]([O-])[O-].O=[N+]([O-])[O-].O=[N+]([O-])[O-].O=[N+]([O-])[O-].[Ca+2].[Ni+2]. The summed E-state index contributed by atoms with van der Waals surface area (Å²) >= 11 is 0. The fourth-order valence-corrected chi connectivity index (χ4v) is 0. The van der Waals surface area contributed by atoms with Crippen molar-refractivity contribution in [1.82, 2.24) is 0 Å². The van der Waals surface area contributed by atoms with Crippen LogP contribution in [0.1, 0.15) is 0 Å². The third-order valence-corrected chi connectivity index (χ3v) is 0. The monoisotopic (exact) mass is 346 g/mol. The van der Waals surface area contributed by atoms with Crippen LogP contribution in [0.2, 0.25) is 0 Å². The number of hydrogen-bond donors (Lipinski definition) is 0. The molecule has 0 aliphatic rings. The average Bonchev–Trinajstić information content (AvgIpc) is 1.76. The van der Waals surface area contributed by atoms with Crippen molar-refractivity contribution in [1.29, 1.82) is 0 Å². The quantitative estimate of drug-likeness (QED) is 0.280. The molecule has 16 nitrogen and oxygen atoms in total. The van der Waals surface area contributed by atoms with Crippen LogP contribution in [0, 0.1) is 61.3 Å². The molecule has 0 spiro atoms. The van der Waals surface area contributed by atoms with E-state index in [1.165, 1.54) is 0 Å². The van der Waals surface area contributed by atoms with Gasteiger partial charge in [0.05, 0.1) is 20.3 Å². The first-order valence-electron chi connectivity index (χ1n) is 2.19. The Kier molecular flexibility index (Phi) is 59.1. The molecule has 18 heteroatoms. The summed E-state index contributed by atoms with van der Waals surface area (Å²) < 4.78 is 0. The molecule has 0 bridgehead atoms. The fraction of sp³-hybridized carbons (Fsp3) is 0. The van der Waals surface area contributed by atoms with E-state index in [4.69, 9.17) is 61.3 Å². The Morgan fingerprint density at radius 1 is 0.444 bits per heavy atom. The summed E-state index contributed by atoms with van der Waals surface area (Å²) in [6.45, 7) is 0. The molecule has 0 fully saturated rings. The van der Waals surface area contributed by atoms with Crippen LogP contribution >= 0.6 is 0 Å². The van der Waals surface area contributed by atoms with Crippen LogP contribution in [0.25, 0.3) is 0 Å². The van der Waals surface area contributed by atoms with E-state index in [1.54, 1.807) is 0 Å². The molecule has 18 heavy (non-hydrogen) atoms. The molecule has 0 radical (unpaired) electrons. The maximum Gasteiger partial charge on any atom is 2.00 e. The van der Waals surface area contributed by atoms with Gasteiger partial charge < -0.3 is 61.3 Å². The van der Waals surface area contributed by atoms with Crippen LogP contribution in [0.15, 0.2) is 0 Å². The van der Waals surface area contributed by atoms with Crippen LogP contribution < -0.4 is 0 Å². The van der Waals surface area contributed by atoms with Gasteiger partial charge in [-0.3, -0.25) is 0 Å². The first kappa shape index (κ1) is 36.0. The molecule has 0 N–H and O–H groups in total. The molecule has 0 aromatic rings. The summed E-state index contributed by atoms with van der Waals surface area (Å²) in [5, 5.41) is 59.0. The van der Waals surface area contributed by atoms with Crippen molar-refractivity contribution in [3.63, 3.8) is 0 Å². The standard InChI is InChI=1S/Ca.4NO3.Ni/c;4*2-1(3)4;/q+2;4*-1;+2. The average molecular weight is 347 g/mol. The van der Waals surface area contributed by atoms with E-state index in [1.807, 2.05) is 0 Å². The third kappa shape index (κ3) is 1280. The Morgan fingerprint density at radius 3 is 0.444 bits per heavy atom. The van der Waals surface area contributed by atoms with Gasteiger partial charge in [-0.15, -0.1) is 0 Å². The van der Waals surface area contributed by atoms with E-state index in [0.29, 0.717) is 0 Å². The molecular weight excluding hydrogens is 347 g/mol. The zero-order valence-electron chi connectivity index (χ0n) is 7.71. The third-order valence-electron chi connectivity index (χ3n) is 0. The normalized spacial score (nSPS) is 5.33. The smallest absolute Gasteiger partial charge is 0.356 e. The summed E-state index contributed by atoms with van der Waals surface area (Å²) in [7, 11) is 0. The Morgan fingerprint density at radius 2 is 0.444 bits per heavy atom.